The predicted octanol–water partition coefficient (Wildman–Crippen LogP) is 0.659. The highest BCUT2D eigenvalue weighted by Gasteiger charge is 2.54. The van der Waals surface area contributed by atoms with Gasteiger partial charge in [-0.05, 0) is 45.5 Å². The minimum absolute atomic E-state index is 0.0302. The van der Waals surface area contributed by atoms with Crippen LogP contribution in [0.25, 0.3) is 0 Å². The molecule has 3 heterocycles. The summed E-state index contributed by atoms with van der Waals surface area (Å²) < 4.78 is 48.9. The molecule has 4 N–H and O–H groups in total. The van der Waals surface area contributed by atoms with E-state index in [1.807, 2.05) is 0 Å². The van der Waals surface area contributed by atoms with E-state index in [-0.39, 0.29) is 23.0 Å². The van der Waals surface area contributed by atoms with Gasteiger partial charge >= 0.3 is 17.4 Å². The SMILES string of the molecule is Cn1nnnc1SCC1=C(C(=O)OCOC(=O)C(N)c2ccc(O)cc2)N2C(=O)C(NC(=O)CSC(F)(F)F)[C@H]2SC1. The summed E-state index contributed by atoms with van der Waals surface area (Å²) in [5.41, 5.74) is 1.88. The van der Waals surface area contributed by atoms with Gasteiger partial charge < -0.3 is 25.6 Å². The molecule has 2 amide bonds. The lowest BCUT2D eigenvalue weighted by Crippen LogP contribution is -2.70. The number of aryl methyl sites for hydroxylation is 1. The summed E-state index contributed by atoms with van der Waals surface area (Å²) in [6.07, 6.45) is 0. The fourth-order valence-corrected chi connectivity index (χ4v) is 6.47. The lowest BCUT2D eigenvalue weighted by Gasteiger charge is -2.49. The first-order valence-electron chi connectivity index (χ1n) is 11.8. The first-order valence-corrected chi connectivity index (χ1v) is 14.8. The van der Waals surface area contributed by atoms with Crippen LogP contribution in [0.1, 0.15) is 11.6 Å². The molecule has 42 heavy (non-hydrogen) atoms. The molecule has 14 nitrogen and oxygen atoms in total. The van der Waals surface area contributed by atoms with Crippen LogP contribution in [0.15, 0.2) is 40.7 Å². The van der Waals surface area contributed by atoms with Gasteiger partial charge in [-0.15, -0.1) is 16.9 Å². The number of phenolic OH excluding ortho intramolecular Hbond substituents is 1. The van der Waals surface area contributed by atoms with Gasteiger partial charge in [0.1, 0.15) is 28.9 Å². The maximum Gasteiger partial charge on any atom is 0.442 e. The van der Waals surface area contributed by atoms with Gasteiger partial charge in [0.2, 0.25) is 17.9 Å². The molecule has 0 bridgehead atoms. The fourth-order valence-electron chi connectivity index (χ4n) is 3.76. The Labute approximate surface area is 247 Å². The first-order chi connectivity index (χ1) is 19.9. The highest BCUT2D eigenvalue weighted by atomic mass is 32.2. The Morgan fingerprint density at radius 2 is 1.98 bits per heavy atom. The summed E-state index contributed by atoms with van der Waals surface area (Å²) >= 11 is 1.83. The van der Waals surface area contributed by atoms with Crippen LogP contribution >= 0.6 is 35.3 Å². The number of β-lactam (4-membered cyclic amide) rings is 1. The van der Waals surface area contributed by atoms with Crippen molar-refractivity contribution in [2.75, 3.05) is 24.1 Å². The number of nitrogens with two attached hydrogens (primary N) is 1. The second-order valence-electron chi connectivity index (χ2n) is 8.60. The fraction of sp³-hybridized carbons (Fsp3) is 0.409. The third-order valence-corrected chi connectivity index (χ3v) is 8.95. The highest BCUT2D eigenvalue weighted by molar-refractivity contribution is 8.01. The number of rotatable bonds is 11. The summed E-state index contributed by atoms with van der Waals surface area (Å²) in [7, 11) is 1.61. The maximum atomic E-state index is 13.2. The van der Waals surface area contributed by atoms with Crippen molar-refractivity contribution in [1.29, 1.82) is 0 Å². The number of benzene rings is 1. The molecule has 1 fully saturated rings. The van der Waals surface area contributed by atoms with Crippen molar-refractivity contribution in [2.24, 2.45) is 12.8 Å². The third kappa shape index (κ3) is 7.47. The second kappa shape index (κ2) is 13.2. The molecule has 1 saturated heterocycles. The molecule has 226 valence electrons. The van der Waals surface area contributed by atoms with Gasteiger partial charge in [0.05, 0.1) is 5.75 Å². The molecule has 2 aromatic rings. The van der Waals surface area contributed by atoms with Crippen LogP contribution < -0.4 is 11.1 Å². The van der Waals surface area contributed by atoms with Crippen molar-refractivity contribution in [3.63, 3.8) is 0 Å². The number of carbonyl (C=O) groups excluding carboxylic acids is 4. The number of alkyl halides is 3. The van der Waals surface area contributed by atoms with E-state index in [1.54, 1.807) is 7.05 Å². The molecule has 2 aliphatic rings. The number of tetrazole rings is 1. The van der Waals surface area contributed by atoms with E-state index in [4.69, 9.17) is 15.2 Å². The number of hydrogen-bond acceptors (Lipinski definition) is 14. The van der Waals surface area contributed by atoms with E-state index in [0.717, 1.165) is 4.90 Å². The smallest absolute Gasteiger partial charge is 0.442 e. The summed E-state index contributed by atoms with van der Waals surface area (Å²) in [4.78, 5) is 51.6. The normalized spacial score (nSPS) is 19.1. The molecular formula is C22H22F3N7O7S3. The monoisotopic (exact) mass is 649 g/mol. The first kappa shape index (κ1) is 31.4. The number of carbonyl (C=O) groups is 4. The van der Waals surface area contributed by atoms with Gasteiger partial charge in [-0.1, -0.05) is 23.9 Å². The Morgan fingerprint density at radius 1 is 1.26 bits per heavy atom. The van der Waals surface area contributed by atoms with Crippen molar-refractivity contribution >= 4 is 59.0 Å². The van der Waals surface area contributed by atoms with Crippen molar-refractivity contribution in [3.05, 3.63) is 41.1 Å². The van der Waals surface area contributed by atoms with Crippen LogP contribution in [-0.4, -0.2) is 94.9 Å². The zero-order valence-corrected chi connectivity index (χ0v) is 23.9. The van der Waals surface area contributed by atoms with E-state index in [9.17, 15) is 37.5 Å². The average molecular weight is 650 g/mol. The molecule has 1 aromatic heterocycles. The molecule has 0 saturated carbocycles. The minimum Gasteiger partial charge on any atom is -0.508 e. The largest absolute Gasteiger partial charge is 0.508 e. The number of esters is 2. The van der Waals surface area contributed by atoms with Gasteiger partial charge in [0.25, 0.3) is 5.91 Å². The zero-order valence-electron chi connectivity index (χ0n) is 21.4. The molecule has 3 atom stereocenters. The zero-order chi connectivity index (χ0) is 30.6. The summed E-state index contributed by atoms with van der Waals surface area (Å²) in [5, 5.41) is 22.4. The number of phenols is 1. The Hall–Kier alpha value is -3.49. The number of aromatic hydroxyl groups is 1. The molecule has 0 radical (unpaired) electrons. The van der Waals surface area contributed by atoms with Crippen LogP contribution in [0.4, 0.5) is 13.2 Å². The number of nitrogens with one attached hydrogen (secondary N) is 1. The molecule has 0 aliphatic carbocycles. The number of thioether (sulfide) groups is 3. The Bertz CT molecular complexity index is 1390. The summed E-state index contributed by atoms with van der Waals surface area (Å²) in [6, 6.07) is 3.11. The lowest BCUT2D eigenvalue weighted by atomic mass is 10.0. The van der Waals surface area contributed by atoms with Gasteiger partial charge in [-0.3, -0.25) is 14.5 Å². The topological polar surface area (TPSA) is 192 Å². The summed E-state index contributed by atoms with van der Waals surface area (Å²) in [6.45, 7) is -0.838. The molecule has 0 spiro atoms. The van der Waals surface area contributed by atoms with Gasteiger partial charge in [0, 0.05) is 18.6 Å². The third-order valence-electron chi connectivity index (χ3n) is 5.78. The van der Waals surface area contributed by atoms with Crippen LogP contribution in [0.3, 0.4) is 0 Å². The van der Waals surface area contributed by atoms with E-state index in [1.165, 1.54) is 52.5 Å². The van der Waals surface area contributed by atoms with Crippen molar-refractivity contribution in [3.8, 4) is 5.75 Å². The maximum absolute atomic E-state index is 13.2. The van der Waals surface area contributed by atoms with E-state index in [0.29, 0.717) is 16.3 Å². The number of amides is 2. The van der Waals surface area contributed by atoms with E-state index >= 15 is 0 Å². The lowest BCUT2D eigenvalue weighted by molar-refractivity contribution is -0.169. The molecule has 1 aromatic carbocycles. The number of nitrogens with zero attached hydrogens (tertiary/aromatic N) is 5. The summed E-state index contributed by atoms with van der Waals surface area (Å²) in [5.74, 6) is -4.25. The standard InChI is InChI=1S/C22H22F3N7O7S3/c1-31-21(28-29-30-31)41-7-11-6-40-18-15(27-13(34)8-42-22(23,24)25)17(35)32(18)16(11)20(37)39-9-38-19(36)14(26)10-2-4-12(33)5-3-10/h2-5,14-15,18,33H,6-9,26H2,1H3,(H,27,34)/t14?,15?,18-/m1/s1. The second-order valence-corrected chi connectivity index (χ2v) is 11.7. The minimum atomic E-state index is -4.62. The Morgan fingerprint density at radius 3 is 2.62 bits per heavy atom. The quantitative estimate of drug-likeness (QED) is 0.133. The van der Waals surface area contributed by atoms with Crippen LogP contribution in [-0.2, 0) is 35.7 Å². The predicted molar refractivity (Wildman–Crippen MR) is 142 cm³/mol. The number of fused-ring (bicyclic) bond motifs is 1. The van der Waals surface area contributed by atoms with Gasteiger partial charge in [0.15, 0.2) is 0 Å². The molecule has 2 aliphatic heterocycles. The van der Waals surface area contributed by atoms with Crippen molar-refractivity contribution < 1.29 is 46.9 Å². The van der Waals surface area contributed by atoms with Gasteiger partial charge in [-0.2, -0.15) is 13.2 Å². The van der Waals surface area contributed by atoms with Gasteiger partial charge in [-0.25, -0.2) is 14.3 Å². The average Bonchev–Trinajstić information content (AvgIpc) is 3.36. The van der Waals surface area contributed by atoms with Crippen molar-refractivity contribution in [1.82, 2.24) is 30.4 Å². The molecule has 20 heteroatoms. The number of halogens is 3. The van der Waals surface area contributed by atoms with E-state index < -0.39 is 71.0 Å². The van der Waals surface area contributed by atoms with Crippen LogP contribution in [0.5, 0.6) is 5.75 Å². The number of ether oxygens (including phenoxy) is 2. The van der Waals surface area contributed by atoms with E-state index in [2.05, 4.69) is 20.8 Å². The van der Waals surface area contributed by atoms with Crippen molar-refractivity contribution in [2.45, 2.75) is 28.1 Å². The molecule has 4 rings (SSSR count). The Kier molecular flexibility index (Phi) is 9.89. The number of aromatic nitrogens is 4. The highest BCUT2D eigenvalue weighted by Crippen LogP contribution is 2.42. The Balaban J connectivity index is 1.43. The molecular weight excluding hydrogens is 627 g/mol. The number of hydrogen-bond donors (Lipinski definition) is 3. The van der Waals surface area contributed by atoms with Crippen LogP contribution in [0, 0.1) is 0 Å². The van der Waals surface area contributed by atoms with Crippen LogP contribution in [0.2, 0.25) is 0 Å². The molecule has 2 unspecified atom stereocenters.